The lowest BCUT2D eigenvalue weighted by Crippen LogP contribution is -2.07. The van der Waals surface area contributed by atoms with Crippen molar-refractivity contribution in [3.8, 4) is 0 Å². The van der Waals surface area contributed by atoms with Crippen molar-refractivity contribution in [3.63, 3.8) is 0 Å². The van der Waals surface area contributed by atoms with Gasteiger partial charge >= 0.3 is 0 Å². The minimum absolute atomic E-state index is 0.736. The first-order chi connectivity index (χ1) is 9.86. The Labute approximate surface area is 122 Å². The molecule has 1 aromatic carbocycles. The van der Waals surface area contributed by atoms with Crippen LogP contribution in [0.25, 0.3) is 5.57 Å². The summed E-state index contributed by atoms with van der Waals surface area (Å²) in [6.07, 6.45) is 8.09. The third kappa shape index (κ3) is 5.38. The molecule has 110 valence electrons. The molecule has 1 aliphatic rings. The predicted molar refractivity (Wildman–Crippen MR) is 83.4 cm³/mol. The largest absolute Gasteiger partial charge is 0.501 e. The quantitative estimate of drug-likeness (QED) is 0.555. The van der Waals surface area contributed by atoms with Gasteiger partial charge in [-0.1, -0.05) is 36.8 Å². The van der Waals surface area contributed by atoms with E-state index < -0.39 is 0 Å². The Bertz CT molecular complexity index is 389. The van der Waals surface area contributed by atoms with Crippen LogP contribution in [0.4, 0.5) is 0 Å². The van der Waals surface area contributed by atoms with E-state index in [2.05, 4.69) is 31.2 Å². The molecule has 1 aliphatic heterocycles. The Morgan fingerprint density at radius 1 is 1.30 bits per heavy atom. The molecule has 0 aliphatic carbocycles. The zero-order valence-electron chi connectivity index (χ0n) is 12.5. The molecule has 2 nitrogen and oxygen atoms in total. The minimum Gasteiger partial charge on any atom is -0.501 e. The van der Waals surface area contributed by atoms with Gasteiger partial charge in [-0.3, -0.25) is 0 Å². The molecular weight excluding hydrogens is 248 g/mol. The second-order valence-electron chi connectivity index (χ2n) is 5.62. The first-order valence-corrected chi connectivity index (χ1v) is 7.78. The van der Waals surface area contributed by atoms with E-state index in [0.29, 0.717) is 0 Å². The van der Waals surface area contributed by atoms with Crippen LogP contribution in [0, 0.1) is 5.92 Å². The highest BCUT2D eigenvalue weighted by atomic mass is 16.5. The Hall–Kier alpha value is -1.28. The van der Waals surface area contributed by atoms with E-state index >= 15 is 0 Å². The molecule has 0 saturated carbocycles. The van der Waals surface area contributed by atoms with Crippen molar-refractivity contribution in [1.29, 1.82) is 0 Å². The van der Waals surface area contributed by atoms with Gasteiger partial charge in [0.25, 0.3) is 0 Å². The van der Waals surface area contributed by atoms with Crippen LogP contribution in [-0.4, -0.2) is 19.8 Å². The molecule has 0 radical (unpaired) electrons. The summed E-state index contributed by atoms with van der Waals surface area (Å²) < 4.78 is 11.3. The van der Waals surface area contributed by atoms with Crippen LogP contribution in [0.15, 0.2) is 36.6 Å². The predicted octanol–water partition coefficient (Wildman–Crippen LogP) is 4.66. The molecule has 0 aromatic heterocycles. The molecule has 1 atom stereocenters. The molecule has 1 heterocycles. The number of ether oxygens (including phenoxy) is 2. The molecule has 20 heavy (non-hydrogen) atoms. The SMILES string of the molecule is C/C(=C/OCCCC1CCCCOC1)c1ccccc1. The molecule has 1 unspecified atom stereocenters. The molecule has 2 heteroatoms. The fraction of sp³-hybridized carbons (Fsp3) is 0.556. The van der Waals surface area contributed by atoms with Gasteiger partial charge in [-0.15, -0.1) is 0 Å². The Morgan fingerprint density at radius 2 is 2.15 bits per heavy atom. The van der Waals surface area contributed by atoms with Crippen molar-refractivity contribution in [2.24, 2.45) is 5.92 Å². The summed E-state index contributed by atoms with van der Waals surface area (Å²) in [7, 11) is 0. The number of benzene rings is 1. The fourth-order valence-electron chi connectivity index (χ4n) is 2.61. The smallest absolute Gasteiger partial charge is 0.0873 e. The van der Waals surface area contributed by atoms with Crippen LogP contribution in [0.2, 0.25) is 0 Å². The Morgan fingerprint density at radius 3 is 3.00 bits per heavy atom. The summed E-state index contributed by atoms with van der Waals surface area (Å²) in [6, 6.07) is 10.4. The molecule has 0 spiro atoms. The molecule has 0 bridgehead atoms. The molecule has 1 aromatic rings. The summed E-state index contributed by atoms with van der Waals surface area (Å²) in [5, 5.41) is 0. The third-order valence-electron chi connectivity index (χ3n) is 3.87. The van der Waals surface area contributed by atoms with Crippen LogP contribution >= 0.6 is 0 Å². The summed E-state index contributed by atoms with van der Waals surface area (Å²) in [6.45, 7) is 4.79. The average molecular weight is 274 g/mol. The topological polar surface area (TPSA) is 18.5 Å². The summed E-state index contributed by atoms with van der Waals surface area (Å²) >= 11 is 0. The van der Waals surface area contributed by atoms with E-state index in [1.54, 1.807) is 0 Å². The first-order valence-electron chi connectivity index (χ1n) is 7.78. The second-order valence-corrected chi connectivity index (χ2v) is 5.62. The highest BCUT2D eigenvalue weighted by molar-refractivity contribution is 5.62. The van der Waals surface area contributed by atoms with Gasteiger partial charge in [0.2, 0.25) is 0 Å². The van der Waals surface area contributed by atoms with E-state index in [4.69, 9.17) is 9.47 Å². The second kappa shape index (κ2) is 8.80. The van der Waals surface area contributed by atoms with Gasteiger partial charge in [0.15, 0.2) is 0 Å². The molecule has 1 fully saturated rings. The average Bonchev–Trinajstić information content (AvgIpc) is 2.76. The lowest BCUT2D eigenvalue weighted by molar-refractivity contribution is 0.109. The summed E-state index contributed by atoms with van der Waals surface area (Å²) in [5.74, 6) is 0.736. The summed E-state index contributed by atoms with van der Waals surface area (Å²) in [4.78, 5) is 0. The monoisotopic (exact) mass is 274 g/mol. The van der Waals surface area contributed by atoms with E-state index in [-0.39, 0.29) is 0 Å². The maximum atomic E-state index is 5.67. The lowest BCUT2D eigenvalue weighted by atomic mass is 9.99. The third-order valence-corrected chi connectivity index (χ3v) is 3.87. The first kappa shape index (κ1) is 15.1. The van der Waals surface area contributed by atoms with E-state index in [0.717, 1.165) is 32.2 Å². The normalized spacial score (nSPS) is 20.4. The van der Waals surface area contributed by atoms with Crippen LogP contribution < -0.4 is 0 Å². The van der Waals surface area contributed by atoms with Gasteiger partial charge in [-0.05, 0) is 49.7 Å². The van der Waals surface area contributed by atoms with Crippen molar-refractivity contribution in [1.82, 2.24) is 0 Å². The highest BCUT2D eigenvalue weighted by Gasteiger charge is 2.11. The zero-order valence-corrected chi connectivity index (χ0v) is 12.5. The molecule has 1 saturated heterocycles. The minimum atomic E-state index is 0.736. The number of hydrogen-bond donors (Lipinski definition) is 0. The standard InChI is InChI=1S/C18H26O2/c1-16(18-10-3-2-4-11-18)14-19-13-7-9-17-8-5-6-12-20-15-17/h2-4,10-11,14,17H,5-9,12-13,15H2,1H3/b16-14-. The van der Waals surface area contributed by atoms with Crippen LogP contribution in [0.1, 0.15) is 44.6 Å². The van der Waals surface area contributed by atoms with Gasteiger partial charge in [-0.25, -0.2) is 0 Å². The lowest BCUT2D eigenvalue weighted by Gasteiger charge is -2.13. The molecule has 0 N–H and O–H groups in total. The molecule has 0 amide bonds. The van der Waals surface area contributed by atoms with E-state index in [9.17, 15) is 0 Å². The van der Waals surface area contributed by atoms with Crippen molar-refractivity contribution in [3.05, 3.63) is 42.2 Å². The Kier molecular flexibility index (Phi) is 6.65. The maximum absolute atomic E-state index is 5.67. The van der Waals surface area contributed by atoms with Crippen molar-refractivity contribution in [2.75, 3.05) is 19.8 Å². The van der Waals surface area contributed by atoms with Gasteiger partial charge < -0.3 is 9.47 Å². The van der Waals surface area contributed by atoms with Crippen LogP contribution in [0.5, 0.6) is 0 Å². The van der Waals surface area contributed by atoms with Gasteiger partial charge in [0, 0.05) is 13.2 Å². The van der Waals surface area contributed by atoms with Crippen LogP contribution in [-0.2, 0) is 9.47 Å². The van der Waals surface area contributed by atoms with E-state index in [1.165, 1.54) is 36.8 Å². The Balaban J connectivity index is 1.63. The zero-order chi connectivity index (χ0) is 14.0. The van der Waals surface area contributed by atoms with Crippen molar-refractivity contribution < 1.29 is 9.47 Å². The molecular formula is C18H26O2. The summed E-state index contributed by atoms with van der Waals surface area (Å²) in [5.41, 5.74) is 2.41. The van der Waals surface area contributed by atoms with Crippen molar-refractivity contribution >= 4 is 5.57 Å². The molecule has 2 rings (SSSR count). The van der Waals surface area contributed by atoms with E-state index in [1.807, 2.05) is 12.3 Å². The van der Waals surface area contributed by atoms with Gasteiger partial charge in [-0.2, -0.15) is 0 Å². The van der Waals surface area contributed by atoms with Gasteiger partial charge in [0.1, 0.15) is 0 Å². The number of rotatable bonds is 6. The highest BCUT2D eigenvalue weighted by Crippen LogP contribution is 2.19. The van der Waals surface area contributed by atoms with Crippen molar-refractivity contribution in [2.45, 2.75) is 39.0 Å². The maximum Gasteiger partial charge on any atom is 0.0873 e. The fourth-order valence-corrected chi connectivity index (χ4v) is 2.61. The van der Waals surface area contributed by atoms with Crippen LogP contribution in [0.3, 0.4) is 0 Å². The van der Waals surface area contributed by atoms with Gasteiger partial charge in [0.05, 0.1) is 12.9 Å². The number of hydrogen-bond acceptors (Lipinski definition) is 2. The number of allylic oxidation sites excluding steroid dienone is 1.